The molecule has 1 fully saturated rings. The van der Waals surface area contributed by atoms with Crippen LogP contribution in [0.5, 0.6) is 0 Å². The molecule has 1 aliphatic carbocycles. The van der Waals surface area contributed by atoms with Gasteiger partial charge in [0.15, 0.2) is 0 Å². The summed E-state index contributed by atoms with van der Waals surface area (Å²) in [6, 6.07) is 57.0. The van der Waals surface area contributed by atoms with Crippen molar-refractivity contribution >= 4 is 43.7 Å². The van der Waals surface area contributed by atoms with Crippen LogP contribution in [0.1, 0.15) is 51.0 Å². The van der Waals surface area contributed by atoms with E-state index in [-0.39, 0.29) is 5.54 Å². The zero-order valence-electron chi connectivity index (χ0n) is 28.9. The molecule has 0 N–H and O–H groups in total. The lowest BCUT2D eigenvalue weighted by atomic mass is 9.68. The zero-order valence-corrected chi connectivity index (χ0v) is 28.9. The quantitative estimate of drug-likeness (QED) is 0.169. The third kappa shape index (κ3) is 4.32. The first-order valence-electron chi connectivity index (χ1n) is 18.5. The van der Waals surface area contributed by atoms with Gasteiger partial charge in [0, 0.05) is 22.8 Å². The number of hydrogen-bond acceptors (Lipinski definition) is 1. The third-order valence-corrected chi connectivity index (χ3v) is 12.4. The largest absolute Gasteiger partial charge is 0.335 e. The molecule has 8 aromatic rings. The summed E-state index contributed by atoms with van der Waals surface area (Å²) in [5.41, 5.74) is 12.0. The lowest BCUT2D eigenvalue weighted by molar-refractivity contribution is 0.221. The van der Waals surface area contributed by atoms with Crippen LogP contribution in [-0.2, 0) is 0 Å². The van der Waals surface area contributed by atoms with Gasteiger partial charge in [-0.05, 0) is 134 Å². The van der Waals surface area contributed by atoms with Crippen LogP contribution in [0.25, 0.3) is 65.7 Å². The van der Waals surface area contributed by atoms with Gasteiger partial charge in [-0.25, -0.2) is 0 Å². The molecule has 1 heteroatoms. The van der Waals surface area contributed by atoms with Crippen molar-refractivity contribution in [1.82, 2.24) is 0 Å². The molecule has 8 aromatic carbocycles. The highest BCUT2D eigenvalue weighted by molar-refractivity contribution is 6.30. The van der Waals surface area contributed by atoms with E-state index in [9.17, 15) is 0 Å². The SMILES string of the molecule is CCC1CCC2(C)[C@@H](C1)c1cc(-c3cc(-c4ccccc4)c4ccc5ccc(-c6ccccc6)c6ccc3c4c56)ccc1N2c1ccccc1. The van der Waals surface area contributed by atoms with Gasteiger partial charge >= 0.3 is 0 Å². The highest BCUT2D eigenvalue weighted by atomic mass is 15.2. The molecule has 242 valence electrons. The minimum absolute atomic E-state index is 0.0691. The highest BCUT2D eigenvalue weighted by Crippen LogP contribution is 2.59. The van der Waals surface area contributed by atoms with Crippen LogP contribution in [-0.4, -0.2) is 5.54 Å². The first-order chi connectivity index (χ1) is 24.6. The molecule has 0 radical (unpaired) electrons. The van der Waals surface area contributed by atoms with Crippen LogP contribution >= 0.6 is 0 Å². The summed E-state index contributed by atoms with van der Waals surface area (Å²) < 4.78 is 0. The van der Waals surface area contributed by atoms with Gasteiger partial charge in [0.1, 0.15) is 0 Å². The normalized spacial score (nSPS) is 20.1. The first kappa shape index (κ1) is 29.5. The number of anilines is 2. The van der Waals surface area contributed by atoms with Crippen LogP contribution < -0.4 is 4.90 Å². The Labute approximate surface area is 295 Å². The van der Waals surface area contributed by atoms with Gasteiger partial charge < -0.3 is 4.90 Å². The molecule has 1 aliphatic heterocycles. The summed E-state index contributed by atoms with van der Waals surface area (Å²) in [5.74, 6) is 1.27. The molecule has 2 unspecified atom stereocenters. The maximum absolute atomic E-state index is 2.69. The minimum atomic E-state index is 0.0691. The van der Waals surface area contributed by atoms with E-state index in [0.29, 0.717) is 5.92 Å². The smallest absolute Gasteiger partial charge is 0.0492 e. The van der Waals surface area contributed by atoms with E-state index in [4.69, 9.17) is 0 Å². The van der Waals surface area contributed by atoms with E-state index in [2.05, 4.69) is 170 Å². The molecule has 0 spiro atoms. The highest BCUT2D eigenvalue weighted by Gasteiger charge is 2.51. The third-order valence-electron chi connectivity index (χ3n) is 12.4. The van der Waals surface area contributed by atoms with E-state index < -0.39 is 0 Å². The molecule has 0 saturated heterocycles. The molecule has 2 aliphatic rings. The predicted octanol–water partition coefficient (Wildman–Crippen LogP) is 13.8. The Morgan fingerprint density at radius 2 is 1.18 bits per heavy atom. The van der Waals surface area contributed by atoms with Crippen LogP contribution in [0, 0.1) is 5.92 Å². The summed E-state index contributed by atoms with van der Waals surface area (Å²) in [7, 11) is 0. The van der Waals surface area contributed by atoms with E-state index in [1.165, 1.54) is 108 Å². The van der Waals surface area contributed by atoms with E-state index in [1.807, 2.05) is 0 Å². The van der Waals surface area contributed by atoms with Crippen LogP contribution in [0.4, 0.5) is 11.4 Å². The lowest BCUT2D eigenvalue weighted by Gasteiger charge is -2.46. The molecule has 0 amide bonds. The molecule has 0 bridgehead atoms. The fraction of sp³-hybridized carbons (Fsp3) is 0.184. The summed E-state index contributed by atoms with van der Waals surface area (Å²) in [4.78, 5) is 2.69. The van der Waals surface area contributed by atoms with Crippen molar-refractivity contribution in [2.45, 2.75) is 51.0 Å². The molecule has 1 nitrogen and oxygen atoms in total. The van der Waals surface area contributed by atoms with Crippen LogP contribution in [0.15, 0.2) is 152 Å². The van der Waals surface area contributed by atoms with E-state index in [1.54, 1.807) is 0 Å². The van der Waals surface area contributed by atoms with Gasteiger partial charge in [0.05, 0.1) is 0 Å². The maximum atomic E-state index is 2.69. The maximum Gasteiger partial charge on any atom is 0.0492 e. The fourth-order valence-electron chi connectivity index (χ4n) is 9.83. The Hall–Kier alpha value is -5.40. The Bertz CT molecular complexity index is 2520. The Kier molecular flexibility index (Phi) is 6.68. The molecular formula is C49H41N. The topological polar surface area (TPSA) is 3.24 Å². The fourth-order valence-corrected chi connectivity index (χ4v) is 9.83. The predicted molar refractivity (Wildman–Crippen MR) is 214 cm³/mol. The van der Waals surface area contributed by atoms with Crippen molar-refractivity contribution in [2.24, 2.45) is 5.92 Å². The Balaban J connectivity index is 1.25. The molecule has 50 heavy (non-hydrogen) atoms. The average Bonchev–Trinajstić information content (AvgIpc) is 3.44. The summed E-state index contributed by atoms with van der Waals surface area (Å²) >= 11 is 0. The van der Waals surface area contributed by atoms with E-state index in [0.717, 1.165) is 5.92 Å². The van der Waals surface area contributed by atoms with Crippen molar-refractivity contribution < 1.29 is 0 Å². The van der Waals surface area contributed by atoms with Gasteiger partial charge in [-0.15, -0.1) is 0 Å². The van der Waals surface area contributed by atoms with Crippen LogP contribution in [0.2, 0.25) is 0 Å². The number of hydrogen-bond donors (Lipinski definition) is 0. The molecule has 3 atom stereocenters. The molecular weight excluding hydrogens is 603 g/mol. The van der Waals surface area contributed by atoms with Gasteiger partial charge in [-0.3, -0.25) is 0 Å². The second kappa shape index (κ2) is 11.3. The summed E-state index contributed by atoms with van der Waals surface area (Å²) in [6.07, 6.45) is 5.03. The monoisotopic (exact) mass is 643 g/mol. The zero-order chi connectivity index (χ0) is 33.4. The summed E-state index contributed by atoms with van der Waals surface area (Å²) in [6.45, 7) is 4.91. The summed E-state index contributed by atoms with van der Waals surface area (Å²) in [5, 5.41) is 8.00. The second-order valence-corrected chi connectivity index (χ2v) is 15.0. The van der Waals surface area contributed by atoms with Gasteiger partial charge in [0.2, 0.25) is 0 Å². The van der Waals surface area contributed by atoms with Crippen molar-refractivity contribution in [3.63, 3.8) is 0 Å². The first-order valence-corrected chi connectivity index (χ1v) is 18.5. The number of para-hydroxylation sites is 1. The van der Waals surface area contributed by atoms with E-state index >= 15 is 0 Å². The van der Waals surface area contributed by atoms with Crippen molar-refractivity contribution in [3.8, 4) is 33.4 Å². The van der Waals surface area contributed by atoms with Crippen molar-refractivity contribution in [1.29, 1.82) is 0 Å². The number of fused-ring (bicyclic) bond motifs is 3. The average molecular weight is 644 g/mol. The standard InChI is InChI=1S/C49H41N/c1-3-32-27-28-49(2)45(29-32)44-30-36(21-26-46(44)50(49)37-17-11-6-12-18-37)43-31-42(34-15-9-5-10-16-34)40-23-20-35-19-22-38(33-13-7-4-8-14-33)39-24-25-41(43)48(40)47(35)39/h4-26,30-32,45H,3,27-29H2,1-2H3/t32?,45-,49?/m0/s1. The second-order valence-electron chi connectivity index (χ2n) is 15.0. The van der Waals surface area contributed by atoms with Crippen molar-refractivity contribution in [3.05, 3.63) is 157 Å². The van der Waals surface area contributed by atoms with Crippen LogP contribution in [0.3, 0.4) is 0 Å². The van der Waals surface area contributed by atoms with Gasteiger partial charge in [-0.2, -0.15) is 0 Å². The number of nitrogens with zero attached hydrogens (tertiary/aromatic N) is 1. The molecule has 1 heterocycles. The Morgan fingerprint density at radius 3 is 1.88 bits per heavy atom. The minimum Gasteiger partial charge on any atom is -0.335 e. The number of rotatable bonds is 5. The Morgan fingerprint density at radius 1 is 0.580 bits per heavy atom. The lowest BCUT2D eigenvalue weighted by Crippen LogP contribution is -2.46. The molecule has 1 saturated carbocycles. The van der Waals surface area contributed by atoms with Gasteiger partial charge in [0.25, 0.3) is 0 Å². The van der Waals surface area contributed by atoms with Gasteiger partial charge in [-0.1, -0.05) is 135 Å². The van der Waals surface area contributed by atoms with Crippen molar-refractivity contribution in [2.75, 3.05) is 4.90 Å². The molecule has 0 aromatic heterocycles. The molecule has 10 rings (SSSR count). The number of benzene rings is 8.